The Bertz CT molecular complexity index is 136. The van der Waals surface area contributed by atoms with Crippen molar-refractivity contribution in [2.24, 2.45) is 11.8 Å². The second kappa shape index (κ2) is 3.01. The highest BCUT2D eigenvalue weighted by atomic mass is 16.4. The summed E-state index contributed by atoms with van der Waals surface area (Å²) in [7, 11) is 0. The Morgan fingerprint density at radius 2 is 2.40 bits per heavy atom. The van der Waals surface area contributed by atoms with Crippen molar-refractivity contribution >= 4 is 5.97 Å². The van der Waals surface area contributed by atoms with Crippen molar-refractivity contribution in [1.82, 2.24) is 5.32 Å². The molecule has 1 saturated heterocycles. The first-order chi connectivity index (χ1) is 4.75. The highest BCUT2D eigenvalue weighted by Crippen LogP contribution is 2.19. The van der Waals surface area contributed by atoms with Gasteiger partial charge in [-0.05, 0) is 12.5 Å². The molecule has 0 aromatic carbocycles. The van der Waals surface area contributed by atoms with Crippen molar-refractivity contribution < 1.29 is 9.90 Å². The number of aliphatic carboxylic acids is 1. The zero-order chi connectivity index (χ0) is 7.56. The summed E-state index contributed by atoms with van der Waals surface area (Å²) >= 11 is 0. The fourth-order valence-electron chi connectivity index (χ4n) is 1.45. The van der Waals surface area contributed by atoms with E-state index in [1.165, 1.54) is 0 Å². The molecule has 10 heavy (non-hydrogen) atoms. The number of carbonyl (C=O) groups is 1. The van der Waals surface area contributed by atoms with Gasteiger partial charge < -0.3 is 10.4 Å². The van der Waals surface area contributed by atoms with Crippen LogP contribution in [0.25, 0.3) is 0 Å². The van der Waals surface area contributed by atoms with Crippen molar-refractivity contribution in [2.75, 3.05) is 13.1 Å². The summed E-state index contributed by atoms with van der Waals surface area (Å²) < 4.78 is 0. The molecule has 0 bridgehead atoms. The number of carboxylic acid groups (broad SMARTS) is 1. The van der Waals surface area contributed by atoms with Gasteiger partial charge >= 0.3 is 5.97 Å². The van der Waals surface area contributed by atoms with Crippen LogP contribution in [-0.2, 0) is 4.79 Å². The van der Waals surface area contributed by atoms with Crippen molar-refractivity contribution in [2.45, 2.75) is 13.3 Å². The second-order valence-corrected chi connectivity index (χ2v) is 2.77. The molecule has 1 rings (SSSR count). The highest BCUT2D eigenvalue weighted by Gasteiger charge is 2.30. The third-order valence-corrected chi connectivity index (χ3v) is 2.18. The second-order valence-electron chi connectivity index (χ2n) is 2.77. The molecule has 3 nitrogen and oxygen atoms in total. The minimum absolute atomic E-state index is 0.148. The van der Waals surface area contributed by atoms with Gasteiger partial charge in [-0.25, -0.2) is 0 Å². The fourth-order valence-corrected chi connectivity index (χ4v) is 1.45. The van der Waals surface area contributed by atoms with Crippen molar-refractivity contribution in [3.63, 3.8) is 0 Å². The van der Waals surface area contributed by atoms with E-state index in [1.807, 2.05) is 6.92 Å². The molecule has 2 atom stereocenters. The number of nitrogens with one attached hydrogen (secondary N) is 1. The van der Waals surface area contributed by atoms with Crippen LogP contribution in [-0.4, -0.2) is 24.2 Å². The Hall–Kier alpha value is -0.570. The molecule has 3 heteroatoms. The Morgan fingerprint density at radius 1 is 1.70 bits per heavy atom. The van der Waals surface area contributed by atoms with E-state index >= 15 is 0 Å². The maximum Gasteiger partial charge on any atom is 0.308 e. The lowest BCUT2D eigenvalue weighted by Crippen LogP contribution is -2.21. The Labute approximate surface area is 60.4 Å². The molecule has 0 aliphatic carbocycles. The molecule has 1 aliphatic heterocycles. The topological polar surface area (TPSA) is 49.3 Å². The number of hydrogen-bond acceptors (Lipinski definition) is 2. The zero-order valence-electron chi connectivity index (χ0n) is 6.13. The molecule has 1 aliphatic rings. The van der Waals surface area contributed by atoms with Gasteiger partial charge in [0.05, 0.1) is 5.92 Å². The lowest BCUT2D eigenvalue weighted by molar-refractivity contribution is -0.142. The summed E-state index contributed by atoms with van der Waals surface area (Å²) in [5.41, 5.74) is 0. The third kappa shape index (κ3) is 1.29. The van der Waals surface area contributed by atoms with E-state index < -0.39 is 5.97 Å². The Balaban J connectivity index is 2.50. The first-order valence-electron chi connectivity index (χ1n) is 3.69. The van der Waals surface area contributed by atoms with Crippen LogP contribution in [0, 0.1) is 11.8 Å². The summed E-state index contributed by atoms with van der Waals surface area (Å²) in [6, 6.07) is 0. The molecule has 0 amide bonds. The molecule has 2 N–H and O–H groups in total. The molecule has 1 heterocycles. The lowest BCUT2D eigenvalue weighted by atomic mass is 9.94. The van der Waals surface area contributed by atoms with Crippen LogP contribution in [0.4, 0.5) is 0 Å². The van der Waals surface area contributed by atoms with Gasteiger partial charge in [-0.3, -0.25) is 4.79 Å². The summed E-state index contributed by atoms with van der Waals surface area (Å²) in [5.74, 6) is -0.459. The predicted octanol–water partition coefficient (Wildman–Crippen LogP) is 0.317. The molecule has 0 aromatic heterocycles. The zero-order valence-corrected chi connectivity index (χ0v) is 6.13. The van der Waals surface area contributed by atoms with Gasteiger partial charge in [0.2, 0.25) is 0 Å². The van der Waals surface area contributed by atoms with E-state index in [1.54, 1.807) is 0 Å². The molecular formula is C7H13NO2. The molecule has 0 saturated carbocycles. The fraction of sp³-hybridized carbons (Fsp3) is 0.857. The normalized spacial score (nSPS) is 32.5. The molecule has 0 spiro atoms. The first kappa shape index (κ1) is 7.54. The van der Waals surface area contributed by atoms with Gasteiger partial charge in [0.25, 0.3) is 0 Å². The summed E-state index contributed by atoms with van der Waals surface area (Å²) in [6.45, 7) is 3.55. The monoisotopic (exact) mass is 143 g/mol. The van der Waals surface area contributed by atoms with Gasteiger partial charge in [0.15, 0.2) is 0 Å². The number of carboxylic acids is 1. The average Bonchev–Trinajstić information content (AvgIpc) is 2.33. The predicted molar refractivity (Wildman–Crippen MR) is 37.8 cm³/mol. The quantitative estimate of drug-likeness (QED) is 0.585. The van der Waals surface area contributed by atoms with E-state index in [2.05, 4.69) is 5.32 Å². The Morgan fingerprint density at radius 3 is 2.80 bits per heavy atom. The highest BCUT2D eigenvalue weighted by molar-refractivity contribution is 5.71. The van der Waals surface area contributed by atoms with Crippen LogP contribution >= 0.6 is 0 Å². The summed E-state index contributed by atoms with van der Waals surface area (Å²) in [6.07, 6.45) is 0.962. The number of hydrogen-bond donors (Lipinski definition) is 2. The minimum atomic E-state index is -0.656. The lowest BCUT2D eigenvalue weighted by Gasteiger charge is -2.10. The minimum Gasteiger partial charge on any atom is -0.481 e. The maximum atomic E-state index is 10.5. The SMILES string of the molecule is CCC1CNC[C@H]1C(=O)O. The van der Waals surface area contributed by atoms with Gasteiger partial charge in [-0.2, -0.15) is 0 Å². The molecule has 0 aromatic rings. The molecular weight excluding hydrogens is 130 g/mol. The van der Waals surface area contributed by atoms with Gasteiger partial charge in [0, 0.05) is 6.54 Å². The van der Waals surface area contributed by atoms with Gasteiger partial charge in [0.1, 0.15) is 0 Å². The maximum absolute atomic E-state index is 10.5. The van der Waals surface area contributed by atoms with E-state index in [-0.39, 0.29) is 5.92 Å². The van der Waals surface area contributed by atoms with Gasteiger partial charge in [-0.1, -0.05) is 13.3 Å². The Kier molecular flexibility index (Phi) is 2.27. The average molecular weight is 143 g/mol. The van der Waals surface area contributed by atoms with E-state index in [4.69, 9.17) is 5.11 Å². The van der Waals surface area contributed by atoms with E-state index in [0.717, 1.165) is 13.0 Å². The molecule has 1 fully saturated rings. The first-order valence-corrected chi connectivity index (χ1v) is 3.69. The smallest absolute Gasteiger partial charge is 0.308 e. The summed E-state index contributed by atoms with van der Waals surface area (Å²) in [4.78, 5) is 10.5. The van der Waals surface area contributed by atoms with Crippen LogP contribution in [0.15, 0.2) is 0 Å². The van der Waals surface area contributed by atoms with Crippen LogP contribution < -0.4 is 5.32 Å². The van der Waals surface area contributed by atoms with Crippen molar-refractivity contribution in [1.29, 1.82) is 0 Å². The summed E-state index contributed by atoms with van der Waals surface area (Å²) in [5, 5.41) is 11.7. The largest absolute Gasteiger partial charge is 0.481 e. The molecule has 0 radical (unpaired) electrons. The standard InChI is InChI=1S/C7H13NO2/c1-2-5-3-8-4-6(5)7(9)10/h5-6,8H,2-4H2,1H3,(H,9,10)/t5?,6-/m1/s1. The molecule has 1 unspecified atom stereocenters. The van der Waals surface area contributed by atoms with Crippen LogP contribution in [0.5, 0.6) is 0 Å². The van der Waals surface area contributed by atoms with Gasteiger partial charge in [-0.15, -0.1) is 0 Å². The van der Waals surface area contributed by atoms with Crippen LogP contribution in [0.3, 0.4) is 0 Å². The number of rotatable bonds is 2. The van der Waals surface area contributed by atoms with E-state index in [0.29, 0.717) is 12.5 Å². The van der Waals surface area contributed by atoms with E-state index in [9.17, 15) is 4.79 Å². The third-order valence-electron chi connectivity index (χ3n) is 2.18. The van der Waals surface area contributed by atoms with Crippen molar-refractivity contribution in [3.8, 4) is 0 Å². The van der Waals surface area contributed by atoms with Crippen LogP contribution in [0.2, 0.25) is 0 Å². The van der Waals surface area contributed by atoms with Crippen LogP contribution in [0.1, 0.15) is 13.3 Å². The molecule has 58 valence electrons. The van der Waals surface area contributed by atoms with Crippen molar-refractivity contribution in [3.05, 3.63) is 0 Å².